The van der Waals surface area contributed by atoms with Crippen molar-refractivity contribution in [3.63, 3.8) is 0 Å². The van der Waals surface area contributed by atoms with E-state index in [-0.39, 0.29) is 17.1 Å². The zero-order chi connectivity index (χ0) is 36.4. The van der Waals surface area contributed by atoms with E-state index in [2.05, 4.69) is 74.5 Å². The zero-order valence-electron chi connectivity index (χ0n) is 27.9. The minimum absolute atomic E-state index is 0. The van der Waals surface area contributed by atoms with E-state index in [9.17, 15) is 0 Å². The summed E-state index contributed by atoms with van der Waals surface area (Å²) in [6, 6.07) is 56.5. The predicted octanol–water partition coefficient (Wildman–Crippen LogP) is 13.2. The summed E-state index contributed by atoms with van der Waals surface area (Å²) in [5.41, 5.74) is 7.86. The second-order valence-corrected chi connectivity index (χ2v) is 12.5. The van der Waals surface area contributed by atoms with Crippen LogP contribution in [0.3, 0.4) is 0 Å². The van der Waals surface area contributed by atoms with Gasteiger partial charge in [0.15, 0.2) is 0 Å². The van der Waals surface area contributed by atoms with E-state index in [1.165, 1.54) is 0 Å². The molecule has 8 bridgehead atoms. The van der Waals surface area contributed by atoms with Gasteiger partial charge in [0.25, 0.3) is 0 Å². The molecule has 4 aromatic carbocycles. The molecule has 2 aliphatic heterocycles. The third kappa shape index (κ3) is 15.3. The van der Waals surface area contributed by atoms with Gasteiger partial charge in [0, 0.05) is 22.1 Å². The Morgan fingerprint density at radius 3 is 0.906 bits per heavy atom. The maximum Gasteiger partial charge on any atom is 4.00 e. The fourth-order valence-electron chi connectivity index (χ4n) is 4.43. The number of nitrogens with one attached hydrogen (secondary N) is 2. The van der Waals surface area contributed by atoms with Crippen LogP contribution in [0.25, 0.3) is 46.4 Å². The van der Waals surface area contributed by atoms with E-state index in [0.29, 0.717) is 0 Å². The largest absolute Gasteiger partial charge is 4.00 e. The van der Waals surface area contributed by atoms with Crippen LogP contribution in [0.5, 0.6) is 0 Å². The summed E-state index contributed by atoms with van der Waals surface area (Å²) >= 11 is 22.0. The van der Waals surface area contributed by atoms with Gasteiger partial charge in [0.1, 0.15) is 0 Å². The zero-order valence-corrected chi connectivity index (χ0v) is 32.1. The molecule has 9 heteroatoms. The molecule has 0 amide bonds. The fourth-order valence-corrected chi connectivity index (χ4v) is 4.97. The molecule has 9 rings (SSSR count). The molecule has 4 nitrogen and oxygen atoms in total. The van der Waals surface area contributed by atoms with E-state index in [1.807, 2.05) is 115 Å². The van der Waals surface area contributed by atoms with Gasteiger partial charge in [-0.15, -0.1) is 0 Å². The van der Waals surface area contributed by atoms with E-state index < -0.39 is 0 Å². The first-order valence-corrected chi connectivity index (χ1v) is 17.4. The van der Waals surface area contributed by atoms with Gasteiger partial charge in [0.2, 0.25) is 0 Å². The molecule has 2 N–H and O–H groups in total. The van der Waals surface area contributed by atoms with E-state index in [1.54, 1.807) is 24.3 Å². The number of nitrogens with zero attached hydrogens (tertiary/aromatic N) is 2. The van der Waals surface area contributed by atoms with Crippen LogP contribution in [0.2, 0.25) is 20.1 Å². The Morgan fingerprint density at radius 1 is 0.377 bits per heavy atom. The molecular weight excluding hydrogens is 782 g/mol. The maximum absolute atomic E-state index is 5.51. The minimum Gasteiger partial charge on any atom is -0.355 e. The first-order chi connectivity index (χ1) is 25.4. The van der Waals surface area contributed by atoms with Crippen LogP contribution in [0.15, 0.2) is 146 Å². The molecule has 0 unspecified atom stereocenters. The SMILES string of the molecule is C1=Cc2cc3ccc(cc4ccc(cc5nc(cc1n2)C=C5)[nH]4)[nH]3.Clc1c[c-]ccc1.Clc1c[c-]ccc1.Clc1c[c-]ccc1.Clc1c[c-]ccc1.[Fe+4]. The number of aromatic nitrogens is 4. The van der Waals surface area contributed by atoms with Crippen LogP contribution in [-0.4, -0.2) is 19.9 Å². The number of aromatic amines is 2. The number of halogens is 4. The molecule has 0 aliphatic carbocycles. The molecule has 0 saturated carbocycles. The summed E-state index contributed by atoms with van der Waals surface area (Å²) in [4.78, 5) is 16.0. The second kappa shape index (κ2) is 22.3. The molecule has 0 atom stereocenters. The van der Waals surface area contributed by atoms with Crippen LogP contribution in [0.1, 0.15) is 22.8 Å². The summed E-state index contributed by atoms with van der Waals surface area (Å²) in [7, 11) is 0. The number of H-pyrrole nitrogens is 2. The molecule has 3 aromatic heterocycles. The van der Waals surface area contributed by atoms with Crippen molar-refractivity contribution in [3.8, 4) is 0 Å². The van der Waals surface area contributed by atoms with Gasteiger partial charge in [-0.3, -0.25) is 0 Å². The molecule has 2 aliphatic rings. The molecule has 0 spiro atoms. The van der Waals surface area contributed by atoms with Crippen molar-refractivity contribution in [1.29, 1.82) is 0 Å². The van der Waals surface area contributed by atoms with Gasteiger partial charge >= 0.3 is 17.1 Å². The standard InChI is InChI=1S/C20H14N4.4C6H4Cl.Fe/c1-2-14-10-16-5-6-18(23-16)12-20-8-7-19(24-20)11-17-4-3-15(22-17)9-13(1)21-14;4*7-6-4-2-1-3-5-6;/h1-12,21-22H;4*1-2,4-5H;/q;4*-1;+4. The van der Waals surface area contributed by atoms with Crippen molar-refractivity contribution in [3.05, 3.63) is 213 Å². The summed E-state index contributed by atoms with van der Waals surface area (Å²) < 4.78 is 0. The number of benzene rings is 4. The molecule has 5 heterocycles. The van der Waals surface area contributed by atoms with Crippen molar-refractivity contribution in [2.24, 2.45) is 0 Å². The third-order valence-electron chi connectivity index (χ3n) is 6.72. The Kier molecular flexibility index (Phi) is 17.2. The normalized spacial score (nSPS) is 10.3. The molecule has 0 fully saturated rings. The van der Waals surface area contributed by atoms with Gasteiger partial charge in [-0.1, -0.05) is 20.1 Å². The molecule has 53 heavy (non-hydrogen) atoms. The van der Waals surface area contributed by atoms with Gasteiger partial charge in [-0.05, 0) is 72.8 Å². The van der Waals surface area contributed by atoms with E-state index in [0.717, 1.165) is 64.9 Å². The van der Waals surface area contributed by atoms with Gasteiger partial charge in [-0.2, -0.15) is 168 Å². The first kappa shape index (κ1) is 40.9. The van der Waals surface area contributed by atoms with Crippen molar-refractivity contribution in [2.75, 3.05) is 0 Å². The predicted molar refractivity (Wildman–Crippen MR) is 220 cm³/mol. The average molecular weight is 812 g/mol. The van der Waals surface area contributed by atoms with Crippen LogP contribution in [-0.2, 0) is 17.1 Å². The fraction of sp³-hybridized carbons (Fsp3) is 0. The molecule has 262 valence electrons. The van der Waals surface area contributed by atoms with Crippen LogP contribution < -0.4 is 0 Å². The van der Waals surface area contributed by atoms with Crippen LogP contribution >= 0.6 is 46.4 Å². The second-order valence-electron chi connectivity index (χ2n) is 10.8. The van der Waals surface area contributed by atoms with Crippen LogP contribution in [0, 0.1) is 24.3 Å². The number of rotatable bonds is 0. The molecule has 0 radical (unpaired) electrons. The first-order valence-electron chi connectivity index (χ1n) is 15.9. The minimum atomic E-state index is 0. The quantitative estimate of drug-likeness (QED) is 0.118. The van der Waals surface area contributed by atoms with Crippen molar-refractivity contribution in [2.45, 2.75) is 0 Å². The summed E-state index contributed by atoms with van der Waals surface area (Å²) in [6.07, 6.45) is 8.05. The average Bonchev–Trinajstić information content (AvgIpc) is 3.98. The van der Waals surface area contributed by atoms with Crippen molar-refractivity contribution in [1.82, 2.24) is 19.9 Å². The molecule has 0 saturated heterocycles. The van der Waals surface area contributed by atoms with E-state index >= 15 is 0 Å². The maximum atomic E-state index is 5.51. The smallest absolute Gasteiger partial charge is 0.355 e. The Labute approximate surface area is 340 Å². The summed E-state index contributed by atoms with van der Waals surface area (Å²) in [5.74, 6) is 0. The van der Waals surface area contributed by atoms with Crippen molar-refractivity contribution >= 4 is 92.8 Å². The van der Waals surface area contributed by atoms with Gasteiger partial charge < -0.3 is 9.97 Å². The third-order valence-corrected chi connectivity index (χ3v) is 7.66. The Morgan fingerprint density at radius 2 is 0.660 bits per heavy atom. The Hall–Kier alpha value is -4.84. The molecule has 7 aromatic rings. The number of hydrogen-bond acceptors (Lipinski definition) is 2. The molecular formula is C44H30Cl4FeN4. The number of hydrogen-bond donors (Lipinski definition) is 2. The van der Waals surface area contributed by atoms with Gasteiger partial charge in [-0.25, -0.2) is 9.97 Å². The summed E-state index contributed by atoms with van der Waals surface area (Å²) in [5, 5.41) is 2.95. The van der Waals surface area contributed by atoms with Crippen LogP contribution in [0.4, 0.5) is 0 Å². The van der Waals surface area contributed by atoms with Gasteiger partial charge in [0.05, 0.1) is 22.8 Å². The summed E-state index contributed by atoms with van der Waals surface area (Å²) in [6.45, 7) is 0. The monoisotopic (exact) mass is 810 g/mol. The topological polar surface area (TPSA) is 57.4 Å². The Balaban J connectivity index is 0.000000176. The van der Waals surface area contributed by atoms with E-state index in [4.69, 9.17) is 46.4 Å². The Bertz CT molecular complexity index is 2110. The number of fused-ring (bicyclic) bond motifs is 8. The van der Waals surface area contributed by atoms with Crippen molar-refractivity contribution < 1.29 is 17.1 Å².